The first-order valence-corrected chi connectivity index (χ1v) is 23.9. The maximum Gasteiger partial charge on any atom is 0.0451 e. The van der Waals surface area contributed by atoms with Crippen LogP contribution in [-0.4, -0.2) is 15.2 Å². The van der Waals surface area contributed by atoms with Gasteiger partial charge in [0.1, 0.15) is 0 Å². The smallest absolute Gasteiger partial charge is 0.0451 e. The zero-order chi connectivity index (χ0) is 28.1. The van der Waals surface area contributed by atoms with E-state index in [0.717, 1.165) is 40.7 Å². The predicted molar refractivity (Wildman–Crippen MR) is 181 cm³/mol. The summed E-state index contributed by atoms with van der Waals surface area (Å²) in [6.07, 6.45) is 11.8. The molecule has 3 aliphatic carbocycles. The van der Waals surface area contributed by atoms with E-state index in [1.807, 2.05) is 0 Å². The molecule has 8 unspecified atom stereocenters. The minimum Gasteiger partial charge on any atom is -0.0711 e. The molecule has 8 atom stereocenters. The SMILES string of the molecule is CC(CC1CCC([Si](C)(C)[Si](C)(C)C2C(C)CC3C(c4cccc5ccccc45)CCCC32)C1)c1ccccc1. The van der Waals surface area contributed by atoms with Crippen LogP contribution in [0.25, 0.3) is 10.8 Å². The lowest BCUT2D eigenvalue weighted by molar-refractivity contribution is 0.238. The van der Waals surface area contributed by atoms with Crippen molar-refractivity contribution in [1.82, 2.24) is 0 Å². The zero-order valence-electron chi connectivity index (χ0n) is 26.2. The lowest BCUT2D eigenvalue weighted by atomic mass is 9.70. The van der Waals surface area contributed by atoms with Gasteiger partial charge in [-0.05, 0) is 87.8 Å². The molecule has 40 heavy (non-hydrogen) atoms. The fraction of sp³-hybridized carbons (Fsp3) is 0.579. The highest BCUT2D eigenvalue weighted by Gasteiger charge is 2.59. The third kappa shape index (κ3) is 5.00. The number of hydrogen-bond donors (Lipinski definition) is 0. The molecule has 214 valence electrons. The van der Waals surface area contributed by atoms with Crippen molar-refractivity contribution in [3.05, 3.63) is 83.9 Å². The largest absolute Gasteiger partial charge is 0.0711 e. The fourth-order valence-corrected chi connectivity index (χ4v) is 25.4. The lowest BCUT2D eigenvalue weighted by Gasteiger charge is -2.51. The van der Waals surface area contributed by atoms with E-state index in [-0.39, 0.29) is 0 Å². The van der Waals surface area contributed by atoms with Crippen molar-refractivity contribution in [2.75, 3.05) is 0 Å². The molecule has 0 nitrogen and oxygen atoms in total. The van der Waals surface area contributed by atoms with Gasteiger partial charge in [0.25, 0.3) is 0 Å². The quantitative estimate of drug-likeness (QED) is 0.249. The highest BCUT2D eigenvalue weighted by atomic mass is 29.3. The number of fused-ring (bicyclic) bond motifs is 2. The van der Waals surface area contributed by atoms with Crippen molar-refractivity contribution in [3.8, 4) is 0 Å². The summed E-state index contributed by atoms with van der Waals surface area (Å²) in [6.45, 7) is 16.7. The monoisotopic (exact) mass is 566 g/mol. The Labute approximate surface area is 247 Å². The molecule has 3 aromatic rings. The molecule has 0 spiro atoms. The summed E-state index contributed by atoms with van der Waals surface area (Å²) in [5, 5.41) is 2.96. The van der Waals surface area contributed by atoms with E-state index in [9.17, 15) is 0 Å². The first-order chi connectivity index (χ1) is 19.2. The van der Waals surface area contributed by atoms with Crippen molar-refractivity contribution in [2.45, 2.75) is 114 Å². The van der Waals surface area contributed by atoms with E-state index in [4.69, 9.17) is 0 Å². The van der Waals surface area contributed by atoms with Gasteiger partial charge in [0.05, 0.1) is 0 Å². The van der Waals surface area contributed by atoms with Crippen LogP contribution in [0.1, 0.15) is 88.2 Å². The Bertz CT molecular complexity index is 1290. The summed E-state index contributed by atoms with van der Waals surface area (Å²) in [7, 11) is -2.77. The topological polar surface area (TPSA) is 0 Å². The molecule has 0 heterocycles. The third-order valence-electron chi connectivity index (χ3n) is 13.2. The molecule has 3 fully saturated rings. The normalized spacial score (nSPS) is 31.8. The van der Waals surface area contributed by atoms with Crippen LogP contribution in [0.5, 0.6) is 0 Å². The number of hydrogen-bond acceptors (Lipinski definition) is 0. The number of benzene rings is 3. The first-order valence-electron chi connectivity index (χ1n) is 16.7. The molecule has 2 heteroatoms. The van der Waals surface area contributed by atoms with Crippen LogP contribution < -0.4 is 0 Å². The van der Waals surface area contributed by atoms with Crippen molar-refractivity contribution in [3.63, 3.8) is 0 Å². The molecule has 6 rings (SSSR count). The highest BCUT2D eigenvalue weighted by Crippen LogP contribution is 2.63. The van der Waals surface area contributed by atoms with Gasteiger partial charge in [-0.1, -0.05) is 145 Å². The van der Waals surface area contributed by atoms with E-state index in [1.54, 1.807) is 11.1 Å². The Morgan fingerprint density at radius 2 is 1.45 bits per heavy atom. The minimum atomic E-state index is -1.41. The summed E-state index contributed by atoms with van der Waals surface area (Å²) < 4.78 is 0. The van der Waals surface area contributed by atoms with Crippen LogP contribution in [0.2, 0.25) is 37.3 Å². The summed E-state index contributed by atoms with van der Waals surface area (Å²) in [5.74, 6) is 5.19. The molecule has 3 aromatic carbocycles. The Hall–Kier alpha value is -1.65. The second-order valence-electron chi connectivity index (χ2n) is 15.5. The van der Waals surface area contributed by atoms with Crippen LogP contribution >= 0.6 is 0 Å². The Morgan fingerprint density at radius 3 is 2.25 bits per heavy atom. The minimum absolute atomic E-state index is 0.698. The molecule has 3 saturated carbocycles. The highest BCUT2D eigenvalue weighted by molar-refractivity contribution is 7.41. The summed E-state index contributed by atoms with van der Waals surface area (Å²) in [6, 6.07) is 27.6. The van der Waals surface area contributed by atoms with Gasteiger partial charge in [-0.25, -0.2) is 0 Å². The molecule has 0 saturated heterocycles. The maximum atomic E-state index is 2.89. The Balaban J connectivity index is 1.20. The second kappa shape index (κ2) is 11.2. The van der Waals surface area contributed by atoms with Crippen LogP contribution in [0.3, 0.4) is 0 Å². The van der Waals surface area contributed by atoms with Gasteiger partial charge < -0.3 is 0 Å². The van der Waals surface area contributed by atoms with Gasteiger partial charge in [0, 0.05) is 15.2 Å². The molecule has 0 radical (unpaired) electrons. The van der Waals surface area contributed by atoms with Gasteiger partial charge in [0.2, 0.25) is 0 Å². The maximum absolute atomic E-state index is 2.89. The molecule has 0 aromatic heterocycles. The van der Waals surface area contributed by atoms with Gasteiger partial charge >= 0.3 is 0 Å². The molecular weight excluding hydrogens is 513 g/mol. The molecule has 0 amide bonds. The second-order valence-corrected chi connectivity index (χ2v) is 31.6. The zero-order valence-corrected chi connectivity index (χ0v) is 28.2. The van der Waals surface area contributed by atoms with E-state index >= 15 is 0 Å². The standard InChI is InChI=1S/C38H54Si2/c1-27(30-14-8-7-9-15-30)24-29-22-23-32(26-29)39(3,4)40(5,6)38-28(2)25-37-35(20-13-21-36(37)38)34-19-12-17-31-16-10-11-18-33(31)34/h7-12,14-19,27-29,32,35-38H,13,20-26H2,1-6H3. The van der Waals surface area contributed by atoms with E-state index < -0.39 is 15.2 Å². The van der Waals surface area contributed by atoms with E-state index in [1.165, 1.54) is 62.1 Å². The molecule has 3 aliphatic rings. The van der Waals surface area contributed by atoms with Gasteiger partial charge in [-0.3, -0.25) is 0 Å². The molecular formula is C38H54Si2. The van der Waals surface area contributed by atoms with Crippen LogP contribution in [-0.2, 0) is 0 Å². The lowest BCUT2D eigenvalue weighted by Crippen LogP contribution is -2.62. The molecule has 0 bridgehead atoms. The molecule has 0 aliphatic heterocycles. The first kappa shape index (κ1) is 28.5. The fourth-order valence-electron chi connectivity index (χ4n) is 10.6. The van der Waals surface area contributed by atoms with Gasteiger partial charge in [-0.15, -0.1) is 0 Å². The predicted octanol–water partition coefficient (Wildman–Crippen LogP) is 11.6. The van der Waals surface area contributed by atoms with Crippen LogP contribution in [0.4, 0.5) is 0 Å². The van der Waals surface area contributed by atoms with E-state index in [2.05, 4.69) is 113 Å². The van der Waals surface area contributed by atoms with Crippen LogP contribution in [0.15, 0.2) is 72.8 Å². The third-order valence-corrected chi connectivity index (χ3v) is 33.9. The van der Waals surface area contributed by atoms with Crippen molar-refractivity contribution >= 4 is 26.0 Å². The van der Waals surface area contributed by atoms with Crippen molar-refractivity contribution < 1.29 is 0 Å². The Kier molecular flexibility index (Phi) is 7.98. The number of rotatable bonds is 7. The van der Waals surface area contributed by atoms with Crippen molar-refractivity contribution in [2.24, 2.45) is 23.7 Å². The Morgan fingerprint density at radius 1 is 0.725 bits per heavy atom. The van der Waals surface area contributed by atoms with Crippen LogP contribution in [0, 0.1) is 23.7 Å². The summed E-state index contributed by atoms with van der Waals surface area (Å²) >= 11 is 0. The molecule has 0 N–H and O–H groups in total. The average molecular weight is 567 g/mol. The van der Waals surface area contributed by atoms with Gasteiger partial charge in [0.15, 0.2) is 0 Å². The average Bonchev–Trinajstić information content (AvgIpc) is 3.57. The van der Waals surface area contributed by atoms with Gasteiger partial charge in [-0.2, -0.15) is 0 Å². The summed E-state index contributed by atoms with van der Waals surface area (Å²) in [4.78, 5) is 0. The van der Waals surface area contributed by atoms with Crippen molar-refractivity contribution in [1.29, 1.82) is 0 Å². The summed E-state index contributed by atoms with van der Waals surface area (Å²) in [5.41, 5.74) is 5.29. The van der Waals surface area contributed by atoms with E-state index in [0.29, 0.717) is 5.92 Å².